The number of nitrogens with zero attached hydrogens (tertiary/aromatic N) is 2. The quantitative estimate of drug-likeness (QED) is 0.368. The summed E-state index contributed by atoms with van der Waals surface area (Å²) >= 11 is 0. The number of halogens is 3. The van der Waals surface area contributed by atoms with Gasteiger partial charge in [0.2, 0.25) is 5.91 Å². The predicted molar refractivity (Wildman–Crippen MR) is 144 cm³/mol. The van der Waals surface area contributed by atoms with Gasteiger partial charge in [-0.1, -0.05) is 18.6 Å². The molecule has 0 radical (unpaired) electrons. The molecule has 39 heavy (non-hydrogen) atoms. The third-order valence-electron chi connectivity index (χ3n) is 10.0. The fourth-order valence-electron chi connectivity index (χ4n) is 8.01. The van der Waals surface area contributed by atoms with Gasteiger partial charge < -0.3 is 10.2 Å². The zero-order valence-electron chi connectivity index (χ0n) is 22.2. The van der Waals surface area contributed by atoms with E-state index >= 15 is 0 Å². The number of hydrogen-bond acceptors (Lipinski definition) is 3. The first kappa shape index (κ1) is 26.4. The van der Waals surface area contributed by atoms with Gasteiger partial charge in [-0.3, -0.25) is 4.79 Å². The van der Waals surface area contributed by atoms with Crippen molar-refractivity contribution >= 4 is 11.6 Å². The topological polar surface area (TPSA) is 56.1 Å². The average molecular weight is 536 g/mol. The van der Waals surface area contributed by atoms with Gasteiger partial charge in [-0.2, -0.15) is 5.26 Å². The maximum absolute atomic E-state index is 13.7. The molecule has 4 aliphatic rings. The lowest BCUT2D eigenvalue weighted by atomic mass is 9.75. The van der Waals surface area contributed by atoms with Crippen LogP contribution in [0.1, 0.15) is 62.5 Å². The van der Waals surface area contributed by atoms with Gasteiger partial charge in [0.1, 0.15) is 17.8 Å². The standard InChI is InChI=1S/C32H36F3N3O/c33-24-8-11-38(19-24)10-2-1-6-28-29(30(28)31(39)37-27-15-25(34)14-26(35)16-27)21-7-9-32(17-23(32)13-21)22-5-3-4-20(12-22)18-36/h3-5,12,14-16,21,23-24,28-30H,1-2,6-11,13,17,19H2,(H,37,39)/t21-,23?,24+,28?,29?,30?,32-/m1/s1. The van der Waals surface area contributed by atoms with Gasteiger partial charge in [-0.25, -0.2) is 13.2 Å². The Bertz CT molecular complexity index is 1260. The van der Waals surface area contributed by atoms with Crippen molar-refractivity contribution in [1.29, 1.82) is 5.26 Å². The van der Waals surface area contributed by atoms with Crippen molar-refractivity contribution in [1.82, 2.24) is 4.90 Å². The normalized spacial score (nSPS) is 33.3. The number of rotatable bonds is 9. The second kappa shape index (κ2) is 10.6. The summed E-state index contributed by atoms with van der Waals surface area (Å²) in [5.41, 5.74) is 2.32. The van der Waals surface area contributed by atoms with Crippen molar-refractivity contribution in [2.45, 2.75) is 63.0 Å². The molecule has 206 valence electrons. The summed E-state index contributed by atoms with van der Waals surface area (Å²) in [6.07, 6.45) is 7.20. The zero-order chi connectivity index (χ0) is 27.1. The number of unbranched alkanes of at least 4 members (excludes halogenated alkanes) is 1. The minimum atomic E-state index is -0.707. The summed E-state index contributed by atoms with van der Waals surface area (Å²) in [5.74, 6) is -0.0879. The Morgan fingerprint density at radius 2 is 1.95 bits per heavy atom. The van der Waals surface area contributed by atoms with Crippen LogP contribution in [0.5, 0.6) is 0 Å². The number of likely N-dealkylation sites (tertiary alicyclic amines) is 1. The van der Waals surface area contributed by atoms with E-state index in [1.165, 1.54) is 5.56 Å². The number of benzene rings is 2. The Kier molecular flexibility index (Phi) is 7.18. The third kappa shape index (κ3) is 5.45. The molecule has 0 aromatic heterocycles. The van der Waals surface area contributed by atoms with Crippen molar-refractivity contribution in [2.75, 3.05) is 25.0 Å². The van der Waals surface area contributed by atoms with Crippen LogP contribution >= 0.6 is 0 Å². The Morgan fingerprint density at radius 1 is 1.13 bits per heavy atom. The van der Waals surface area contributed by atoms with Crippen LogP contribution in [0.3, 0.4) is 0 Å². The van der Waals surface area contributed by atoms with Crippen LogP contribution in [0, 0.1) is 52.6 Å². The van der Waals surface area contributed by atoms with Crippen LogP contribution < -0.4 is 5.32 Å². The zero-order valence-corrected chi connectivity index (χ0v) is 22.2. The van der Waals surface area contributed by atoms with Crippen LogP contribution in [0.2, 0.25) is 0 Å². The van der Waals surface area contributed by atoms with Crippen LogP contribution in [-0.2, 0) is 10.2 Å². The Hall–Kier alpha value is -2.85. The smallest absolute Gasteiger partial charge is 0.228 e. The molecule has 7 atom stereocenters. The predicted octanol–water partition coefficient (Wildman–Crippen LogP) is 6.61. The fourth-order valence-corrected chi connectivity index (χ4v) is 8.01. The molecule has 3 aliphatic carbocycles. The highest BCUT2D eigenvalue weighted by molar-refractivity contribution is 5.95. The first-order chi connectivity index (χ1) is 18.9. The Balaban J connectivity index is 1.10. The van der Waals surface area contributed by atoms with Crippen molar-refractivity contribution in [3.8, 4) is 6.07 Å². The highest BCUT2D eigenvalue weighted by Crippen LogP contribution is 2.68. The molecule has 4 unspecified atom stereocenters. The summed E-state index contributed by atoms with van der Waals surface area (Å²) in [5, 5.41) is 12.1. The lowest BCUT2D eigenvalue weighted by molar-refractivity contribution is -0.118. The molecule has 1 heterocycles. The molecule has 1 amide bonds. The van der Waals surface area contributed by atoms with Gasteiger partial charge in [0.15, 0.2) is 0 Å². The van der Waals surface area contributed by atoms with Crippen LogP contribution in [0.15, 0.2) is 42.5 Å². The molecule has 2 aromatic rings. The molecule has 1 N–H and O–H groups in total. The van der Waals surface area contributed by atoms with E-state index in [-0.39, 0.29) is 34.8 Å². The lowest BCUT2D eigenvalue weighted by Crippen LogP contribution is -2.23. The van der Waals surface area contributed by atoms with Crippen LogP contribution in [0.4, 0.5) is 18.9 Å². The molecule has 4 nitrogen and oxygen atoms in total. The van der Waals surface area contributed by atoms with Gasteiger partial charge in [0.05, 0.1) is 11.6 Å². The van der Waals surface area contributed by atoms with E-state index < -0.39 is 17.8 Å². The highest BCUT2D eigenvalue weighted by atomic mass is 19.1. The van der Waals surface area contributed by atoms with E-state index in [9.17, 15) is 23.2 Å². The summed E-state index contributed by atoms with van der Waals surface area (Å²) in [4.78, 5) is 15.5. The second-order valence-corrected chi connectivity index (χ2v) is 12.4. The SMILES string of the molecule is N#Cc1cccc([C@]23CC[C@@H](C4C(CCCCN5CC[C@H](F)C5)C4C(=O)Nc4cc(F)cc(F)c4)CC2C3)c1. The van der Waals surface area contributed by atoms with E-state index in [0.717, 1.165) is 76.2 Å². The number of nitrogens with one attached hydrogen (secondary N) is 1. The van der Waals surface area contributed by atoms with E-state index in [2.05, 4.69) is 22.4 Å². The molecule has 1 aliphatic heterocycles. The van der Waals surface area contributed by atoms with Gasteiger partial charge >= 0.3 is 0 Å². The molecule has 1 saturated heterocycles. The summed E-state index contributed by atoms with van der Waals surface area (Å²) < 4.78 is 41.0. The molecular weight excluding hydrogens is 499 g/mol. The maximum atomic E-state index is 13.7. The number of nitriles is 1. The van der Waals surface area contributed by atoms with Gasteiger partial charge in [0.25, 0.3) is 0 Å². The van der Waals surface area contributed by atoms with Gasteiger partial charge in [-0.05, 0) is 110 Å². The molecule has 0 spiro atoms. The van der Waals surface area contributed by atoms with Crippen molar-refractivity contribution in [3.05, 3.63) is 65.2 Å². The highest BCUT2D eigenvalue weighted by Gasteiger charge is 2.63. The monoisotopic (exact) mass is 535 g/mol. The van der Waals surface area contributed by atoms with Gasteiger partial charge in [0, 0.05) is 30.8 Å². The molecule has 2 aromatic carbocycles. The second-order valence-electron chi connectivity index (χ2n) is 12.4. The average Bonchev–Trinajstić information content (AvgIpc) is 3.78. The summed E-state index contributed by atoms with van der Waals surface area (Å²) in [6, 6.07) is 13.4. The number of carbonyl (C=O) groups excluding carboxylic acids is 1. The minimum absolute atomic E-state index is 0.135. The molecule has 7 heteroatoms. The summed E-state index contributed by atoms with van der Waals surface area (Å²) in [7, 11) is 0. The lowest BCUT2D eigenvalue weighted by Gasteiger charge is -2.29. The molecule has 0 bridgehead atoms. The first-order valence-corrected chi connectivity index (χ1v) is 14.5. The number of carbonyl (C=O) groups is 1. The Morgan fingerprint density at radius 3 is 2.67 bits per heavy atom. The Labute approximate surface area is 228 Å². The van der Waals surface area contributed by atoms with Crippen molar-refractivity contribution in [2.24, 2.45) is 29.6 Å². The van der Waals surface area contributed by atoms with E-state index in [1.807, 2.05) is 18.2 Å². The third-order valence-corrected chi connectivity index (χ3v) is 10.0. The molecular formula is C32H36F3N3O. The minimum Gasteiger partial charge on any atom is -0.326 e. The fraction of sp³-hybridized carbons (Fsp3) is 0.562. The molecule has 6 rings (SSSR count). The van der Waals surface area contributed by atoms with Crippen molar-refractivity contribution < 1.29 is 18.0 Å². The maximum Gasteiger partial charge on any atom is 0.228 e. The van der Waals surface area contributed by atoms with E-state index in [1.54, 1.807) is 0 Å². The number of fused-ring (bicyclic) bond motifs is 1. The summed E-state index contributed by atoms with van der Waals surface area (Å²) in [6.45, 7) is 2.25. The number of anilines is 1. The van der Waals surface area contributed by atoms with Gasteiger partial charge in [-0.15, -0.1) is 0 Å². The number of hydrogen-bond donors (Lipinski definition) is 1. The molecule has 4 fully saturated rings. The number of amides is 1. The van der Waals surface area contributed by atoms with Crippen molar-refractivity contribution in [3.63, 3.8) is 0 Å². The first-order valence-electron chi connectivity index (χ1n) is 14.5. The van der Waals surface area contributed by atoms with E-state index in [0.29, 0.717) is 30.4 Å². The molecule has 3 saturated carbocycles. The van der Waals surface area contributed by atoms with Crippen LogP contribution in [-0.4, -0.2) is 36.6 Å². The van der Waals surface area contributed by atoms with E-state index in [4.69, 9.17) is 0 Å². The largest absolute Gasteiger partial charge is 0.326 e. The number of alkyl halides is 1. The van der Waals surface area contributed by atoms with Crippen LogP contribution in [0.25, 0.3) is 0 Å².